The zero-order valence-corrected chi connectivity index (χ0v) is 13.2. The van der Waals surface area contributed by atoms with Gasteiger partial charge in [-0.2, -0.15) is 0 Å². The Morgan fingerprint density at radius 2 is 1.83 bits per heavy atom. The van der Waals surface area contributed by atoms with Crippen LogP contribution in [0.2, 0.25) is 0 Å². The van der Waals surface area contributed by atoms with Crippen molar-refractivity contribution in [2.45, 2.75) is 31.9 Å². The number of ether oxygens (including phenoxy) is 1. The molecule has 2 aromatic carbocycles. The Morgan fingerprint density at radius 1 is 1.13 bits per heavy atom. The van der Waals surface area contributed by atoms with E-state index in [1.165, 1.54) is 11.1 Å². The third-order valence-electron chi connectivity index (χ3n) is 4.93. The van der Waals surface area contributed by atoms with Crippen molar-refractivity contribution in [3.05, 3.63) is 59.2 Å². The summed E-state index contributed by atoms with van der Waals surface area (Å²) in [6.45, 7) is 1.90. The molecule has 2 aliphatic rings. The Morgan fingerprint density at radius 3 is 2.52 bits per heavy atom. The first-order valence-electron chi connectivity index (χ1n) is 8.09. The normalized spacial score (nSPS) is 21.1. The van der Waals surface area contributed by atoms with Crippen LogP contribution in [-0.2, 0) is 12.8 Å². The Bertz CT molecular complexity index is 759. The molecule has 0 spiro atoms. The summed E-state index contributed by atoms with van der Waals surface area (Å²) >= 11 is 0. The van der Waals surface area contributed by atoms with E-state index in [1.54, 1.807) is 0 Å². The average molecular weight is 307 g/mol. The van der Waals surface area contributed by atoms with Crippen molar-refractivity contribution >= 4 is 11.5 Å². The summed E-state index contributed by atoms with van der Waals surface area (Å²) in [5.74, 6) is 1.71. The van der Waals surface area contributed by atoms with Gasteiger partial charge in [-0.25, -0.2) is 4.99 Å². The van der Waals surface area contributed by atoms with Crippen molar-refractivity contribution in [1.82, 2.24) is 0 Å². The summed E-state index contributed by atoms with van der Waals surface area (Å²) in [6.07, 6.45) is 1.90. The van der Waals surface area contributed by atoms with Gasteiger partial charge in [0.1, 0.15) is 17.3 Å². The van der Waals surface area contributed by atoms with Crippen LogP contribution in [0.1, 0.15) is 29.7 Å². The quantitative estimate of drug-likeness (QED) is 0.896. The van der Waals surface area contributed by atoms with Gasteiger partial charge in [0.15, 0.2) is 6.10 Å². The lowest BCUT2D eigenvalue weighted by Crippen LogP contribution is -2.33. The fourth-order valence-corrected chi connectivity index (χ4v) is 3.53. The number of benzene rings is 2. The molecule has 2 unspecified atom stereocenters. The van der Waals surface area contributed by atoms with E-state index in [-0.39, 0.29) is 12.1 Å². The minimum atomic E-state index is -0.175. The number of hydrogen-bond donors (Lipinski definition) is 2. The van der Waals surface area contributed by atoms with E-state index in [0.29, 0.717) is 11.8 Å². The number of aliphatic imine (C=N–C) groups is 1. The van der Waals surface area contributed by atoms with E-state index >= 15 is 0 Å². The molecule has 0 amide bonds. The maximum Gasteiger partial charge on any atom is 0.153 e. The molecule has 118 valence electrons. The van der Waals surface area contributed by atoms with E-state index in [0.717, 1.165) is 29.8 Å². The van der Waals surface area contributed by atoms with Crippen LogP contribution in [-0.4, -0.2) is 11.9 Å². The van der Waals surface area contributed by atoms with Crippen LogP contribution in [0.4, 0.5) is 5.69 Å². The molecule has 0 saturated heterocycles. The molecule has 1 heterocycles. The van der Waals surface area contributed by atoms with Gasteiger partial charge in [-0.3, -0.25) is 0 Å². The van der Waals surface area contributed by atoms with E-state index in [2.05, 4.69) is 35.3 Å². The third kappa shape index (κ3) is 2.49. The molecule has 0 fully saturated rings. The van der Waals surface area contributed by atoms with E-state index in [1.807, 2.05) is 19.1 Å². The van der Waals surface area contributed by atoms with Gasteiger partial charge >= 0.3 is 0 Å². The van der Waals surface area contributed by atoms with Crippen molar-refractivity contribution in [2.24, 2.45) is 22.4 Å². The molecule has 2 aromatic rings. The van der Waals surface area contributed by atoms with E-state index < -0.39 is 0 Å². The van der Waals surface area contributed by atoms with Crippen LogP contribution in [0.15, 0.2) is 47.5 Å². The van der Waals surface area contributed by atoms with Gasteiger partial charge in [-0.15, -0.1) is 0 Å². The minimum Gasteiger partial charge on any atom is -0.481 e. The maximum atomic E-state index is 6.55. The predicted octanol–water partition coefficient (Wildman–Crippen LogP) is 2.87. The number of amidine groups is 1. The Balaban J connectivity index is 1.60. The highest BCUT2D eigenvalue weighted by Gasteiger charge is 2.28. The molecule has 0 aromatic heterocycles. The van der Waals surface area contributed by atoms with Gasteiger partial charge in [0.25, 0.3) is 0 Å². The monoisotopic (exact) mass is 307 g/mol. The summed E-state index contributed by atoms with van der Waals surface area (Å²) in [5, 5.41) is 0. The smallest absolute Gasteiger partial charge is 0.153 e. The lowest BCUT2D eigenvalue weighted by atomic mass is 9.91. The van der Waals surface area contributed by atoms with Crippen LogP contribution in [0.25, 0.3) is 0 Å². The molecule has 4 N–H and O–H groups in total. The molecular weight excluding hydrogens is 286 g/mol. The summed E-state index contributed by atoms with van der Waals surface area (Å²) in [4.78, 5) is 4.45. The first-order valence-corrected chi connectivity index (χ1v) is 8.09. The number of hydrogen-bond acceptors (Lipinski definition) is 4. The second kappa shape index (κ2) is 5.39. The molecule has 0 bridgehead atoms. The van der Waals surface area contributed by atoms with Gasteiger partial charge < -0.3 is 16.2 Å². The summed E-state index contributed by atoms with van der Waals surface area (Å²) in [5.41, 5.74) is 17.2. The summed E-state index contributed by atoms with van der Waals surface area (Å²) in [7, 11) is 0. The Labute approximate surface area is 136 Å². The molecule has 0 saturated carbocycles. The highest BCUT2D eigenvalue weighted by molar-refractivity contribution is 5.89. The molecule has 2 atom stereocenters. The lowest BCUT2D eigenvalue weighted by Gasteiger charge is -2.24. The first-order chi connectivity index (χ1) is 11.1. The molecule has 0 radical (unpaired) electrons. The van der Waals surface area contributed by atoms with Gasteiger partial charge in [0.2, 0.25) is 0 Å². The third-order valence-corrected chi connectivity index (χ3v) is 4.93. The predicted molar refractivity (Wildman–Crippen MR) is 92.1 cm³/mol. The van der Waals surface area contributed by atoms with Crippen molar-refractivity contribution in [3.63, 3.8) is 0 Å². The lowest BCUT2D eigenvalue weighted by molar-refractivity contribution is 0.281. The van der Waals surface area contributed by atoms with Crippen LogP contribution in [0, 0.1) is 5.92 Å². The van der Waals surface area contributed by atoms with Crippen LogP contribution in [0.5, 0.6) is 5.75 Å². The maximum absolute atomic E-state index is 6.55. The SMILES string of the molecule is CC1Oc2ccc(C(N)C3Cc4ccccc4C3)cc2N=C1N. The van der Waals surface area contributed by atoms with Crippen LogP contribution < -0.4 is 16.2 Å². The molecule has 4 rings (SSSR count). The van der Waals surface area contributed by atoms with Crippen molar-refractivity contribution < 1.29 is 4.74 Å². The first kappa shape index (κ1) is 14.3. The van der Waals surface area contributed by atoms with Crippen molar-refractivity contribution in [2.75, 3.05) is 0 Å². The fraction of sp³-hybridized carbons (Fsp3) is 0.316. The Kier molecular flexibility index (Phi) is 3.34. The topological polar surface area (TPSA) is 73.6 Å². The largest absolute Gasteiger partial charge is 0.481 e. The zero-order valence-electron chi connectivity index (χ0n) is 13.2. The minimum absolute atomic E-state index is 0.0107. The van der Waals surface area contributed by atoms with E-state index in [4.69, 9.17) is 16.2 Å². The second-order valence-electron chi connectivity index (χ2n) is 6.49. The van der Waals surface area contributed by atoms with Gasteiger partial charge in [-0.05, 0) is 54.5 Å². The number of fused-ring (bicyclic) bond motifs is 2. The van der Waals surface area contributed by atoms with Crippen LogP contribution in [0.3, 0.4) is 0 Å². The van der Waals surface area contributed by atoms with Crippen LogP contribution >= 0.6 is 0 Å². The zero-order chi connectivity index (χ0) is 16.0. The highest BCUT2D eigenvalue weighted by atomic mass is 16.5. The fourth-order valence-electron chi connectivity index (χ4n) is 3.53. The summed E-state index contributed by atoms with van der Waals surface area (Å²) < 4.78 is 5.76. The van der Waals surface area contributed by atoms with Gasteiger partial charge in [-0.1, -0.05) is 30.3 Å². The number of nitrogens with zero attached hydrogens (tertiary/aromatic N) is 1. The van der Waals surface area contributed by atoms with Crippen molar-refractivity contribution in [3.8, 4) is 5.75 Å². The van der Waals surface area contributed by atoms with E-state index in [9.17, 15) is 0 Å². The van der Waals surface area contributed by atoms with Crippen molar-refractivity contribution in [1.29, 1.82) is 0 Å². The van der Waals surface area contributed by atoms with Gasteiger partial charge in [0.05, 0.1) is 0 Å². The molecular formula is C19H21N3O. The molecule has 1 aliphatic heterocycles. The number of nitrogens with two attached hydrogens (primary N) is 2. The van der Waals surface area contributed by atoms with Gasteiger partial charge in [0, 0.05) is 6.04 Å². The standard InChI is InChI=1S/C19H21N3O/c1-11-19(21)22-16-10-14(6-7-17(16)23-11)18(20)15-8-12-4-2-3-5-13(12)9-15/h2-7,10-11,15,18H,8-9,20H2,1H3,(H2,21,22). The molecule has 4 nitrogen and oxygen atoms in total. The number of rotatable bonds is 2. The highest BCUT2D eigenvalue weighted by Crippen LogP contribution is 2.38. The Hall–Kier alpha value is -2.33. The molecule has 4 heteroatoms. The molecule has 1 aliphatic carbocycles. The average Bonchev–Trinajstić information content (AvgIpc) is 2.99. The summed E-state index contributed by atoms with van der Waals surface area (Å²) in [6, 6.07) is 14.6. The second-order valence-corrected chi connectivity index (χ2v) is 6.49. The molecule has 23 heavy (non-hydrogen) atoms.